The minimum Gasteiger partial charge on any atom is -0.397 e. The third-order valence-electron chi connectivity index (χ3n) is 1.56. The molecule has 0 aromatic rings. The number of rotatable bonds is 8. The molecule has 0 radical (unpaired) electrons. The average Bonchev–Trinajstić information content (AvgIpc) is 2.06. The fraction of sp³-hybridized carbons (Fsp3) is 1.00. The molecule has 0 rings (SSSR count). The molecule has 72 valence electrons. The van der Waals surface area contributed by atoms with Crippen molar-refractivity contribution in [2.24, 2.45) is 5.64 Å². The van der Waals surface area contributed by atoms with Gasteiger partial charge in [0, 0.05) is 13.2 Å². The van der Waals surface area contributed by atoms with Gasteiger partial charge in [0.05, 0.1) is 0 Å². The lowest BCUT2D eigenvalue weighted by atomic mass is 10.1. The van der Waals surface area contributed by atoms with Crippen molar-refractivity contribution in [3.8, 4) is 0 Å². The summed E-state index contributed by atoms with van der Waals surface area (Å²) in [6.45, 7) is 5.63. The van der Waals surface area contributed by atoms with Crippen LogP contribution in [0.1, 0.15) is 39.5 Å². The van der Waals surface area contributed by atoms with Crippen LogP contribution in [0.5, 0.6) is 0 Å². The molecule has 0 aliphatic heterocycles. The van der Waals surface area contributed by atoms with Crippen molar-refractivity contribution in [1.29, 1.82) is 0 Å². The van der Waals surface area contributed by atoms with Gasteiger partial charge in [0.1, 0.15) is 0 Å². The number of hydrogen-bond donors (Lipinski definition) is 1. The maximum Gasteiger partial charge on any atom is 0.551 e. The normalized spacial score (nSPS) is 10.2. The molecule has 4 heteroatoms. The molecule has 0 heterocycles. The summed E-state index contributed by atoms with van der Waals surface area (Å²) in [5, 5.41) is 0. The summed E-state index contributed by atoms with van der Waals surface area (Å²) in [6, 6.07) is 0. The third-order valence-corrected chi connectivity index (χ3v) is 1.56. The summed E-state index contributed by atoms with van der Waals surface area (Å²) < 4.78 is 10.4. The summed E-state index contributed by atoms with van der Waals surface area (Å²) in [6.07, 6.45) is 4.35. The van der Waals surface area contributed by atoms with Crippen LogP contribution in [0.25, 0.3) is 0 Å². The van der Waals surface area contributed by atoms with Crippen LogP contribution in [-0.4, -0.2) is 20.5 Å². The lowest BCUT2D eigenvalue weighted by Gasteiger charge is -2.08. The van der Waals surface area contributed by atoms with E-state index in [9.17, 15) is 0 Å². The van der Waals surface area contributed by atoms with Gasteiger partial charge in [-0.05, 0) is 12.8 Å². The minimum absolute atomic E-state index is 0.525. The van der Waals surface area contributed by atoms with Crippen molar-refractivity contribution < 1.29 is 9.31 Å². The Labute approximate surface area is 75.8 Å². The first kappa shape index (κ1) is 11.9. The molecule has 2 N–H and O–H groups in total. The van der Waals surface area contributed by atoms with Crippen LogP contribution in [-0.2, 0) is 9.31 Å². The first-order chi connectivity index (χ1) is 5.81. The van der Waals surface area contributed by atoms with Gasteiger partial charge in [-0.2, -0.15) is 0 Å². The summed E-state index contributed by atoms with van der Waals surface area (Å²) in [5.74, 6) is 0. The van der Waals surface area contributed by atoms with Crippen molar-refractivity contribution in [1.82, 2.24) is 0 Å². The lowest BCUT2D eigenvalue weighted by molar-refractivity contribution is 0.192. The van der Waals surface area contributed by atoms with E-state index < -0.39 is 7.25 Å². The van der Waals surface area contributed by atoms with Crippen molar-refractivity contribution in [3.63, 3.8) is 0 Å². The van der Waals surface area contributed by atoms with E-state index in [1.165, 1.54) is 0 Å². The number of unbranched alkanes of at least 4 members (excludes halogenated alkanes) is 2. The van der Waals surface area contributed by atoms with Gasteiger partial charge in [-0.25, -0.2) is 0 Å². The van der Waals surface area contributed by atoms with E-state index in [1.54, 1.807) is 0 Å². The van der Waals surface area contributed by atoms with Crippen LogP contribution >= 0.6 is 0 Å². The minimum atomic E-state index is -0.525. The first-order valence-electron chi connectivity index (χ1n) is 4.80. The van der Waals surface area contributed by atoms with Crippen molar-refractivity contribution in [3.05, 3.63) is 0 Å². The second kappa shape index (κ2) is 9.04. The Morgan fingerprint density at radius 3 is 1.75 bits per heavy atom. The van der Waals surface area contributed by atoms with Gasteiger partial charge in [-0.1, -0.05) is 26.7 Å². The molecule has 0 aromatic carbocycles. The molecule has 3 nitrogen and oxygen atoms in total. The van der Waals surface area contributed by atoms with Crippen LogP contribution in [0.4, 0.5) is 0 Å². The molecule has 0 saturated carbocycles. The molecule has 12 heavy (non-hydrogen) atoms. The van der Waals surface area contributed by atoms with E-state index >= 15 is 0 Å². The van der Waals surface area contributed by atoms with Gasteiger partial charge in [-0.15, -0.1) is 0 Å². The summed E-state index contributed by atoms with van der Waals surface area (Å²) in [5.41, 5.74) is 5.51. The highest BCUT2D eigenvalue weighted by atomic mass is 16.6. The Hall–Kier alpha value is -0.0551. The van der Waals surface area contributed by atoms with Gasteiger partial charge in [0.2, 0.25) is 0 Å². The maximum atomic E-state index is 5.51. The van der Waals surface area contributed by atoms with Crippen molar-refractivity contribution in [2.75, 3.05) is 13.2 Å². The standard InChI is InChI=1S/C8H20BNO2/c1-3-5-7-11-9(10)12-8-6-4-2/h3-8,10H2,1-2H3. The topological polar surface area (TPSA) is 44.5 Å². The summed E-state index contributed by atoms with van der Waals surface area (Å²) in [7, 11) is -0.525. The molecule has 0 unspecified atom stereocenters. The molecule has 0 spiro atoms. The van der Waals surface area contributed by atoms with E-state index in [0.29, 0.717) is 13.2 Å². The van der Waals surface area contributed by atoms with Crippen molar-refractivity contribution >= 4 is 7.25 Å². The van der Waals surface area contributed by atoms with Crippen molar-refractivity contribution in [2.45, 2.75) is 39.5 Å². The Kier molecular flexibility index (Phi) is 8.99. The summed E-state index contributed by atoms with van der Waals surface area (Å²) >= 11 is 0. The SMILES string of the molecule is CCCCOB(N)OCCCC. The molecule has 0 fully saturated rings. The zero-order valence-corrected chi connectivity index (χ0v) is 8.21. The Balaban J connectivity index is 3.04. The van der Waals surface area contributed by atoms with E-state index in [4.69, 9.17) is 15.0 Å². The van der Waals surface area contributed by atoms with Gasteiger partial charge < -0.3 is 15.0 Å². The number of nitrogens with two attached hydrogens (primary N) is 1. The molecule has 0 atom stereocenters. The van der Waals surface area contributed by atoms with Crippen LogP contribution in [0.2, 0.25) is 0 Å². The van der Waals surface area contributed by atoms with Gasteiger partial charge in [-0.3, -0.25) is 0 Å². The predicted molar refractivity (Wildman–Crippen MR) is 51.7 cm³/mol. The van der Waals surface area contributed by atoms with Gasteiger partial charge >= 0.3 is 7.25 Å². The highest BCUT2D eigenvalue weighted by Crippen LogP contribution is 1.92. The molecule has 0 aromatic heterocycles. The quantitative estimate of drug-likeness (QED) is 0.447. The Morgan fingerprint density at radius 2 is 1.42 bits per heavy atom. The number of hydrogen-bond acceptors (Lipinski definition) is 3. The lowest BCUT2D eigenvalue weighted by Crippen LogP contribution is -2.34. The fourth-order valence-corrected chi connectivity index (χ4v) is 0.736. The van der Waals surface area contributed by atoms with E-state index in [1.807, 2.05) is 0 Å². The first-order valence-corrected chi connectivity index (χ1v) is 4.80. The fourth-order valence-electron chi connectivity index (χ4n) is 0.736. The van der Waals surface area contributed by atoms with Crippen LogP contribution < -0.4 is 5.64 Å². The molecule has 0 bridgehead atoms. The highest BCUT2D eigenvalue weighted by molar-refractivity contribution is 6.40. The average molecular weight is 173 g/mol. The third kappa shape index (κ3) is 8.05. The van der Waals surface area contributed by atoms with Crippen LogP contribution in [0.3, 0.4) is 0 Å². The molecule has 0 aliphatic carbocycles. The second-order valence-electron chi connectivity index (χ2n) is 2.82. The predicted octanol–water partition coefficient (Wildman–Crippen LogP) is 1.56. The second-order valence-corrected chi connectivity index (χ2v) is 2.82. The van der Waals surface area contributed by atoms with Crippen LogP contribution in [0.15, 0.2) is 0 Å². The van der Waals surface area contributed by atoms with Crippen LogP contribution in [0, 0.1) is 0 Å². The molecule has 0 aliphatic rings. The maximum absolute atomic E-state index is 5.51. The van der Waals surface area contributed by atoms with E-state index in [2.05, 4.69) is 13.8 Å². The monoisotopic (exact) mass is 173 g/mol. The Bertz CT molecular complexity index is 83.1. The largest absolute Gasteiger partial charge is 0.551 e. The molecular formula is C8H20BNO2. The molecule has 0 amide bonds. The summed E-state index contributed by atoms with van der Waals surface area (Å²) in [4.78, 5) is 0. The molecular weight excluding hydrogens is 153 g/mol. The Morgan fingerprint density at radius 1 is 1.00 bits per heavy atom. The molecule has 0 saturated heterocycles. The van der Waals surface area contributed by atoms with Gasteiger partial charge in [0.25, 0.3) is 0 Å². The van der Waals surface area contributed by atoms with Gasteiger partial charge in [0.15, 0.2) is 0 Å². The van der Waals surface area contributed by atoms with E-state index in [0.717, 1.165) is 25.7 Å². The zero-order chi connectivity index (χ0) is 9.23. The van der Waals surface area contributed by atoms with E-state index in [-0.39, 0.29) is 0 Å². The highest BCUT2D eigenvalue weighted by Gasteiger charge is 2.10. The smallest absolute Gasteiger partial charge is 0.397 e. The zero-order valence-electron chi connectivity index (χ0n) is 8.21.